The van der Waals surface area contributed by atoms with Crippen molar-refractivity contribution in [2.75, 3.05) is 76.7 Å². The SMILES string of the molecule is COCCOc1cc2ncnc(N3CCN(N(C=O)c4ccc(Oc5cccc6[nH]ccc56)cc4)CC3)c2cc1OCCOC. The zero-order valence-electron chi connectivity index (χ0n) is 25.3. The van der Waals surface area contributed by atoms with Gasteiger partial charge in [0.1, 0.15) is 36.9 Å². The number of H-pyrrole nitrogens is 1. The number of amides is 1. The molecular weight excluding hydrogens is 576 g/mol. The number of aromatic nitrogens is 3. The molecule has 3 aromatic carbocycles. The number of carbonyl (C=O) groups is 1. The quantitative estimate of drug-likeness (QED) is 0.140. The molecule has 45 heavy (non-hydrogen) atoms. The number of rotatable bonds is 14. The number of piperazine rings is 1. The fraction of sp³-hybridized carbons (Fsp3) is 0.303. The van der Waals surface area contributed by atoms with Gasteiger partial charge in [0, 0.05) is 69.0 Å². The van der Waals surface area contributed by atoms with Gasteiger partial charge in [-0.15, -0.1) is 0 Å². The van der Waals surface area contributed by atoms with Crippen LogP contribution < -0.4 is 24.1 Å². The molecule has 12 heteroatoms. The highest BCUT2D eigenvalue weighted by Gasteiger charge is 2.25. The van der Waals surface area contributed by atoms with E-state index in [-0.39, 0.29) is 0 Å². The summed E-state index contributed by atoms with van der Waals surface area (Å²) in [4.78, 5) is 26.8. The number of benzene rings is 3. The number of hydrazine groups is 1. The molecule has 0 aliphatic carbocycles. The Labute approximate surface area is 261 Å². The molecule has 1 N–H and O–H groups in total. The minimum Gasteiger partial charge on any atom is -0.487 e. The number of anilines is 2. The number of carbonyl (C=O) groups excluding carboxylic acids is 1. The first kappa shape index (κ1) is 30.1. The van der Waals surface area contributed by atoms with Crippen molar-refractivity contribution in [3.05, 3.63) is 73.2 Å². The van der Waals surface area contributed by atoms with Gasteiger partial charge in [-0.2, -0.15) is 0 Å². The van der Waals surface area contributed by atoms with Crippen LogP contribution in [0.15, 0.2) is 73.2 Å². The van der Waals surface area contributed by atoms with E-state index < -0.39 is 0 Å². The molecular formula is C33H36N6O6. The molecule has 1 aliphatic heterocycles. The first-order valence-corrected chi connectivity index (χ1v) is 14.8. The molecule has 12 nitrogen and oxygen atoms in total. The van der Waals surface area contributed by atoms with E-state index in [2.05, 4.69) is 19.9 Å². The summed E-state index contributed by atoms with van der Waals surface area (Å²) >= 11 is 0. The van der Waals surface area contributed by atoms with Crippen LogP contribution in [0.4, 0.5) is 11.5 Å². The van der Waals surface area contributed by atoms with E-state index in [1.807, 2.05) is 71.9 Å². The molecule has 0 atom stereocenters. The first-order valence-electron chi connectivity index (χ1n) is 14.8. The van der Waals surface area contributed by atoms with Crippen molar-refractivity contribution in [2.45, 2.75) is 0 Å². The predicted molar refractivity (Wildman–Crippen MR) is 171 cm³/mol. The maximum absolute atomic E-state index is 12.3. The maximum atomic E-state index is 12.3. The van der Waals surface area contributed by atoms with Crippen molar-refractivity contribution < 1.29 is 28.5 Å². The molecule has 1 saturated heterocycles. The molecule has 0 saturated carbocycles. The average Bonchev–Trinajstić information content (AvgIpc) is 3.57. The van der Waals surface area contributed by atoms with E-state index >= 15 is 0 Å². The molecule has 3 heterocycles. The summed E-state index contributed by atoms with van der Waals surface area (Å²) in [6.07, 6.45) is 4.30. The summed E-state index contributed by atoms with van der Waals surface area (Å²) in [5, 5.41) is 5.55. The highest BCUT2D eigenvalue weighted by Crippen LogP contribution is 2.36. The van der Waals surface area contributed by atoms with Crippen LogP contribution in [0.2, 0.25) is 0 Å². The molecule has 234 valence electrons. The van der Waals surface area contributed by atoms with Crippen LogP contribution in [0.1, 0.15) is 0 Å². The molecule has 1 fully saturated rings. The van der Waals surface area contributed by atoms with Crippen LogP contribution in [-0.4, -0.2) is 93.2 Å². The monoisotopic (exact) mass is 612 g/mol. The molecule has 6 rings (SSSR count). The third-order valence-corrected chi connectivity index (χ3v) is 7.61. The van der Waals surface area contributed by atoms with Gasteiger partial charge in [-0.05, 0) is 48.5 Å². The lowest BCUT2D eigenvalue weighted by atomic mass is 10.2. The van der Waals surface area contributed by atoms with Crippen LogP contribution in [0, 0.1) is 0 Å². The molecule has 0 unspecified atom stereocenters. The number of nitrogens with zero attached hydrogens (tertiary/aromatic N) is 5. The van der Waals surface area contributed by atoms with Gasteiger partial charge in [0.15, 0.2) is 11.5 Å². The summed E-state index contributed by atoms with van der Waals surface area (Å²) < 4.78 is 28.4. The summed E-state index contributed by atoms with van der Waals surface area (Å²) in [6, 6.07) is 19.2. The molecule has 0 spiro atoms. The van der Waals surface area contributed by atoms with E-state index in [1.165, 1.54) is 0 Å². The highest BCUT2D eigenvalue weighted by molar-refractivity contribution is 5.92. The average molecular weight is 613 g/mol. The first-order chi connectivity index (χ1) is 22.2. The van der Waals surface area contributed by atoms with E-state index in [9.17, 15) is 4.79 Å². The van der Waals surface area contributed by atoms with Gasteiger partial charge in [-0.1, -0.05) is 6.07 Å². The molecule has 0 radical (unpaired) electrons. The Morgan fingerprint density at radius 3 is 2.27 bits per heavy atom. The van der Waals surface area contributed by atoms with E-state index in [0.717, 1.165) is 45.5 Å². The van der Waals surface area contributed by atoms with Crippen LogP contribution in [0.3, 0.4) is 0 Å². The second-order valence-electron chi connectivity index (χ2n) is 10.4. The molecule has 1 amide bonds. The van der Waals surface area contributed by atoms with Crippen LogP contribution in [0.25, 0.3) is 21.8 Å². The second kappa shape index (κ2) is 14.2. The van der Waals surface area contributed by atoms with Gasteiger partial charge in [0.05, 0.1) is 24.4 Å². The lowest BCUT2D eigenvalue weighted by Gasteiger charge is -2.40. The zero-order chi connectivity index (χ0) is 31.0. The van der Waals surface area contributed by atoms with Crippen LogP contribution in [-0.2, 0) is 14.3 Å². The minimum atomic E-state index is 0.377. The van der Waals surface area contributed by atoms with Crippen molar-refractivity contribution in [3.8, 4) is 23.0 Å². The number of aromatic amines is 1. The van der Waals surface area contributed by atoms with E-state index in [4.69, 9.17) is 23.7 Å². The van der Waals surface area contributed by atoms with E-state index in [1.54, 1.807) is 25.6 Å². The van der Waals surface area contributed by atoms with Gasteiger partial charge < -0.3 is 33.6 Å². The van der Waals surface area contributed by atoms with Gasteiger partial charge >= 0.3 is 0 Å². The maximum Gasteiger partial charge on any atom is 0.228 e. The number of methoxy groups -OCH3 is 2. The lowest BCUT2D eigenvalue weighted by molar-refractivity contribution is -0.110. The third kappa shape index (κ3) is 6.78. The number of fused-ring (bicyclic) bond motifs is 2. The Morgan fingerprint density at radius 1 is 0.822 bits per heavy atom. The topological polar surface area (TPSA) is 115 Å². The number of hydrogen-bond acceptors (Lipinski definition) is 10. The number of hydrogen-bond donors (Lipinski definition) is 1. The Kier molecular flexibility index (Phi) is 9.54. The largest absolute Gasteiger partial charge is 0.487 e. The lowest BCUT2D eigenvalue weighted by Crippen LogP contribution is -2.54. The standard InChI is InChI=1S/C33H36N6O6/c1-41-16-18-43-31-20-27-29(21-32(31)44-19-17-42-2)35-22-36-33(27)37-12-14-38(15-13-37)39(23-40)24-6-8-25(9-7-24)45-30-5-3-4-28-26(30)10-11-34-28/h3-11,20-23,34H,12-19H2,1-2H3. The fourth-order valence-electron chi connectivity index (χ4n) is 5.35. The third-order valence-electron chi connectivity index (χ3n) is 7.61. The van der Waals surface area contributed by atoms with Gasteiger partial charge in [-0.25, -0.2) is 20.0 Å². The van der Waals surface area contributed by atoms with Gasteiger partial charge in [-0.3, -0.25) is 4.79 Å². The Balaban J connectivity index is 1.14. The normalized spacial score (nSPS) is 13.7. The summed E-state index contributed by atoms with van der Waals surface area (Å²) in [5.74, 6) is 3.44. The predicted octanol–water partition coefficient (Wildman–Crippen LogP) is 4.65. The Bertz CT molecular complexity index is 1720. The highest BCUT2D eigenvalue weighted by atomic mass is 16.5. The smallest absolute Gasteiger partial charge is 0.228 e. The van der Waals surface area contributed by atoms with Gasteiger partial charge in [0.2, 0.25) is 6.41 Å². The summed E-state index contributed by atoms with van der Waals surface area (Å²) in [7, 11) is 3.26. The number of ether oxygens (including phenoxy) is 5. The minimum absolute atomic E-state index is 0.377. The molecule has 1 aliphatic rings. The van der Waals surface area contributed by atoms with Crippen molar-refractivity contribution in [2.24, 2.45) is 0 Å². The molecule has 5 aromatic rings. The van der Waals surface area contributed by atoms with Gasteiger partial charge in [0.25, 0.3) is 0 Å². The van der Waals surface area contributed by atoms with Crippen molar-refractivity contribution in [3.63, 3.8) is 0 Å². The summed E-state index contributed by atoms with van der Waals surface area (Å²) in [6.45, 7) is 4.21. The Hall–Kier alpha value is -4.91. The summed E-state index contributed by atoms with van der Waals surface area (Å²) in [5.41, 5.74) is 2.52. The zero-order valence-corrected chi connectivity index (χ0v) is 25.3. The number of nitrogens with one attached hydrogen (secondary N) is 1. The van der Waals surface area contributed by atoms with E-state index in [0.29, 0.717) is 69.9 Å². The molecule has 0 bridgehead atoms. The van der Waals surface area contributed by atoms with Crippen molar-refractivity contribution >= 4 is 39.7 Å². The molecule has 2 aromatic heterocycles. The van der Waals surface area contributed by atoms with Crippen molar-refractivity contribution in [1.82, 2.24) is 20.0 Å². The van der Waals surface area contributed by atoms with Crippen LogP contribution >= 0.6 is 0 Å². The fourth-order valence-corrected chi connectivity index (χ4v) is 5.35. The Morgan fingerprint density at radius 2 is 1.56 bits per heavy atom. The van der Waals surface area contributed by atoms with Crippen LogP contribution in [0.5, 0.6) is 23.0 Å². The van der Waals surface area contributed by atoms with Crippen molar-refractivity contribution in [1.29, 1.82) is 0 Å². The second-order valence-corrected chi connectivity index (χ2v) is 10.4.